The van der Waals surface area contributed by atoms with Gasteiger partial charge in [-0.1, -0.05) is 0 Å². The first kappa shape index (κ1) is 16.3. The van der Waals surface area contributed by atoms with Crippen LogP contribution in [-0.2, 0) is 16.5 Å². The predicted molar refractivity (Wildman–Crippen MR) is 43.5 cm³/mol. The summed E-state index contributed by atoms with van der Waals surface area (Å²) in [6.07, 6.45) is 11.5. The van der Waals surface area contributed by atoms with Crippen LogP contribution < -0.4 is 0 Å². The van der Waals surface area contributed by atoms with Crippen LogP contribution in [0, 0.1) is 20.4 Å². The summed E-state index contributed by atoms with van der Waals surface area (Å²) in [5, 5.41) is 0. The Balaban J connectivity index is -0.0000000900. The zero-order valence-corrected chi connectivity index (χ0v) is 7.23. The summed E-state index contributed by atoms with van der Waals surface area (Å²) in [6, 6.07) is 0. The SMILES string of the molecule is C=C[CH2-].[C-]1=CC=CC1.[CH3-].[Ni+3]. The Hall–Kier alpha value is -0.416. The molecule has 10 heavy (non-hydrogen) atoms. The van der Waals surface area contributed by atoms with E-state index in [1.807, 2.05) is 12.2 Å². The summed E-state index contributed by atoms with van der Waals surface area (Å²) >= 11 is 0. The second-order valence-electron chi connectivity index (χ2n) is 1.29. The third-order valence-corrected chi connectivity index (χ3v) is 0.586. The molecule has 0 spiro atoms. The van der Waals surface area contributed by atoms with Crippen LogP contribution in [0.25, 0.3) is 0 Å². The van der Waals surface area contributed by atoms with Crippen molar-refractivity contribution >= 4 is 0 Å². The van der Waals surface area contributed by atoms with E-state index < -0.39 is 0 Å². The smallest absolute Gasteiger partial charge is 0.358 e. The maximum absolute atomic E-state index is 3.25. The molecule has 0 fully saturated rings. The van der Waals surface area contributed by atoms with Gasteiger partial charge in [-0.2, -0.15) is 6.08 Å². The van der Waals surface area contributed by atoms with E-state index in [4.69, 9.17) is 0 Å². The van der Waals surface area contributed by atoms with E-state index in [2.05, 4.69) is 25.7 Å². The van der Waals surface area contributed by atoms with Gasteiger partial charge in [0.05, 0.1) is 0 Å². The van der Waals surface area contributed by atoms with Gasteiger partial charge in [-0.15, -0.1) is 6.42 Å². The summed E-state index contributed by atoms with van der Waals surface area (Å²) in [5.74, 6) is 0. The van der Waals surface area contributed by atoms with E-state index in [1.165, 1.54) is 6.08 Å². The van der Waals surface area contributed by atoms with Crippen LogP contribution in [0.5, 0.6) is 0 Å². The largest absolute Gasteiger partial charge is 3.00 e. The first-order valence-corrected chi connectivity index (χ1v) is 2.53. The van der Waals surface area contributed by atoms with Gasteiger partial charge >= 0.3 is 16.5 Å². The van der Waals surface area contributed by atoms with Crippen LogP contribution in [0.15, 0.2) is 30.9 Å². The maximum atomic E-state index is 3.25. The molecule has 59 valence electrons. The van der Waals surface area contributed by atoms with Crippen molar-refractivity contribution in [2.24, 2.45) is 0 Å². The normalized spacial score (nSPS) is 10.0. The number of hydrogen-bond acceptors (Lipinski definition) is 0. The van der Waals surface area contributed by atoms with E-state index >= 15 is 0 Å². The van der Waals surface area contributed by atoms with Crippen molar-refractivity contribution in [1.29, 1.82) is 0 Å². The van der Waals surface area contributed by atoms with Crippen molar-refractivity contribution in [3.05, 3.63) is 51.3 Å². The summed E-state index contributed by atoms with van der Waals surface area (Å²) in [5.41, 5.74) is 0. The molecule has 0 unspecified atom stereocenters. The first-order chi connectivity index (χ1) is 3.91. The fourth-order valence-electron chi connectivity index (χ4n) is 0.340. The van der Waals surface area contributed by atoms with Crippen LogP contribution in [0.4, 0.5) is 0 Å². The molecule has 0 aliphatic heterocycles. The molecule has 0 aromatic rings. The molecule has 0 nitrogen and oxygen atoms in total. The van der Waals surface area contributed by atoms with E-state index in [0.29, 0.717) is 0 Å². The minimum absolute atomic E-state index is 0. The van der Waals surface area contributed by atoms with Crippen molar-refractivity contribution in [2.75, 3.05) is 0 Å². The second-order valence-corrected chi connectivity index (χ2v) is 1.29. The topological polar surface area (TPSA) is 0 Å². The molecule has 0 heterocycles. The molecule has 1 heteroatoms. The Morgan fingerprint density at radius 1 is 1.60 bits per heavy atom. The second kappa shape index (κ2) is 15.8. The van der Waals surface area contributed by atoms with Crippen LogP contribution in [0.2, 0.25) is 0 Å². The molecule has 0 aromatic carbocycles. The molecule has 0 bridgehead atoms. The van der Waals surface area contributed by atoms with Gasteiger partial charge in [0.25, 0.3) is 0 Å². The van der Waals surface area contributed by atoms with Crippen molar-refractivity contribution < 1.29 is 16.5 Å². The molecule has 1 aliphatic carbocycles. The van der Waals surface area contributed by atoms with Crippen molar-refractivity contribution in [2.45, 2.75) is 6.42 Å². The van der Waals surface area contributed by atoms with Gasteiger partial charge in [-0.25, -0.2) is 31.7 Å². The van der Waals surface area contributed by atoms with Crippen LogP contribution in [0.1, 0.15) is 6.42 Å². The van der Waals surface area contributed by atoms with Gasteiger partial charge in [0.2, 0.25) is 0 Å². The van der Waals surface area contributed by atoms with E-state index in [1.54, 1.807) is 0 Å². The molecule has 1 radical (unpaired) electrons. The van der Waals surface area contributed by atoms with Gasteiger partial charge in [0.1, 0.15) is 0 Å². The summed E-state index contributed by atoms with van der Waals surface area (Å²) in [4.78, 5) is 0. The molecule has 0 atom stereocenters. The molecule has 0 amide bonds. The monoisotopic (exact) mass is 179 g/mol. The zero-order chi connectivity index (χ0) is 6.24. The Kier molecular flexibility index (Phi) is 25.8. The summed E-state index contributed by atoms with van der Waals surface area (Å²) < 4.78 is 0. The fraction of sp³-hybridized carbons (Fsp3) is 0.111. The van der Waals surface area contributed by atoms with Gasteiger partial charge < -0.3 is 7.43 Å². The Morgan fingerprint density at radius 3 is 2.20 bits per heavy atom. The molecular formula is C9H13Ni. The van der Waals surface area contributed by atoms with E-state index in [0.717, 1.165) is 6.42 Å². The molecule has 1 rings (SSSR count). The Labute approximate surface area is 74.6 Å². The third-order valence-electron chi connectivity index (χ3n) is 0.586. The van der Waals surface area contributed by atoms with Gasteiger partial charge in [-0.3, -0.25) is 6.08 Å². The van der Waals surface area contributed by atoms with Crippen LogP contribution >= 0.6 is 0 Å². The quantitative estimate of drug-likeness (QED) is 0.397. The molecule has 1 aliphatic rings. The minimum Gasteiger partial charge on any atom is -0.358 e. The third kappa shape index (κ3) is 15.6. The molecule has 0 aromatic heterocycles. The number of hydrogen-bond donors (Lipinski definition) is 0. The minimum atomic E-state index is 0. The molecule has 0 N–H and O–H groups in total. The zero-order valence-electron chi connectivity index (χ0n) is 6.25. The summed E-state index contributed by atoms with van der Waals surface area (Å²) in [7, 11) is 0. The van der Waals surface area contributed by atoms with Crippen LogP contribution in [-0.4, -0.2) is 0 Å². The standard InChI is InChI=1S/C5H5.C3H5.CH3.Ni/c1-2-4-5-3-1;1-3-2;;/h1-3H,4H2;3H,1-2H2;1H3;/q3*-1;+3. The van der Waals surface area contributed by atoms with Crippen molar-refractivity contribution in [3.8, 4) is 0 Å². The first-order valence-electron chi connectivity index (χ1n) is 2.53. The van der Waals surface area contributed by atoms with Gasteiger partial charge in [0.15, 0.2) is 0 Å². The Morgan fingerprint density at radius 2 is 2.10 bits per heavy atom. The average Bonchev–Trinajstić information content (AvgIpc) is 2.17. The van der Waals surface area contributed by atoms with E-state index in [-0.39, 0.29) is 23.9 Å². The van der Waals surface area contributed by atoms with Gasteiger partial charge in [-0.05, 0) is 0 Å². The molecule has 0 saturated heterocycles. The predicted octanol–water partition coefficient (Wildman–Crippen LogP) is 2.76. The number of allylic oxidation sites excluding steroid dienone is 5. The molecule has 0 saturated carbocycles. The number of rotatable bonds is 0. The molecular weight excluding hydrogens is 167 g/mol. The van der Waals surface area contributed by atoms with E-state index in [9.17, 15) is 0 Å². The summed E-state index contributed by atoms with van der Waals surface area (Å²) in [6.45, 7) is 6.50. The van der Waals surface area contributed by atoms with Crippen molar-refractivity contribution in [3.63, 3.8) is 0 Å². The van der Waals surface area contributed by atoms with Crippen molar-refractivity contribution in [1.82, 2.24) is 0 Å². The Bertz CT molecular complexity index is 91.3. The average molecular weight is 180 g/mol. The van der Waals surface area contributed by atoms with Crippen LogP contribution in [0.3, 0.4) is 0 Å². The van der Waals surface area contributed by atoms with Gasteiger partial charge in [0, 0.05) is 0 Å². The fourth-order valence-corrected chi connectivity index (χ4v) is 0.340. The maximum Gasteiger partial charge on any atom is 3.00 e.